The second kappa shape index (κ2) is 6.06. The fourth-order valence-corrected chi connectivity index (χ4v) is 2.64. The SMILES string of the molecule is Cc1cc(F)ccc1CC(C)(O)Cc1ccc(Br)cc1. The van der Waals surface area contributed by atoms with Gasteiger partial charge in [-0.2, -0.15) is 0 Å². The summed E-state index contributed by atoms with van der Waals surface area (Å²) in [4.78, 5) is 0. The van der Waals surface area contributed by atoms with E-state index in [4.69, 9.17) is 0 Å². The van der Waals surface area contributed by atoms with Crippen LogP contribution in [0.5, 0.6) is 0 Å². The van der Waals surface area contributed by atoms with Gasteiger partial charge in [0.05, 0.1) is 5.60 Å². The largest absolute Gasteiger partial charge is 0.389 e. The van der Waals surface area contributed by atoms with Gasteiger partial charge < -0.3 is 5.11 Å². The second-order valence-electron chi connectivity index (χ2n) is 5.55. The van der Waals surface area contributed by atoms with Crippen molar-refractivity contribution in [3.05, 3.63) is 69.4 Å². The van der Waals surface area contributed by atoms with Crippen molar-refractivity contribution in [1.29, 1.82) is 0 Å². The van der Waals surface area contributed by atoms with Gasteiger partial charge in [-0.15, -0.1) is 0 Å². The Morgan fingerprint density at radius 1 is 1.10 bits per heavy atom. The Labute approximate surface area is 127 Å². The molecule has 0 aliphatic carbocycles. The van der Waals surface area contributed by atoms with Crippen LogP contribution in [0.25, 0.3) is 0 Å². The molecule has 0 heterocycles. The van der Waals surface area contributed by atoms with Gasteiger partial charge in [0.1, 0.15) is 5.82 Å². The van der Waals surface area contributed by atoms with E-state index in [1.165, 1.54) is 12.1 Å². The average Bonchev–Trinajstić information content (AvgIpc) is 2.35. The highest BCUT2D eigenvalue weighted by atomic mass is 79.9. The summed E-state index contributed by atoms with van der Waals surface area (Å²) in [7, 11) is 0. The van der Waals surface area contributed by atoms with Crippen molar-refractivity contribution in [3.63, 3.8) is 0 Å². The molecule has 20 heavy (non-hydrogen) atoms. The van der Waals surface area contributed by atoms with E-state index in [1.807, 2.05) is 38.1 Å². The minimum absolute atomic E-state index is 0.237. The first kappa shape index (κ1) is 15.2. The van der Waals surface area contributed by atoms with Crippen molar-refractivity contribution >= 4 is 15.9 Å². The first-order valence-corrected chi connectivity index (χ1v) is 7.37. The normalized spacial score (nSPS) is 14.1. The Morgan fingerprint density at radius 2 is 1.75 bits per heavy atom. The third-order valence-electron chi connectivity index (χ3n) is 3.37. The minimum Gasteiger partial charge on any atom is -0.389 e. The van der Waals surface area contributed by atoms with Gasteiger partial charge in [0.2, 0.25) is 0 Å². The summed E-state index contributed by atoms with van der Waals surface area (Å²) < 4.78 is 14.1. The zero-order valence-corrected chi connectivity index (χ0v) is 13.2. The lowest BCUT2D eigenvalue weighted by Crippen LogP contribution is -2.30. The molecule has 1 atom stereocenters. The number of halogens is 2. The van der Waals surface area contributed by atoms with Gasteiger partial charge in [-0.25, -0.2) is 4.39 Å². The molecule has 0 radical (unpaired) electrons. The molecule has 0 spiro atoms. The Morgan fingerprint density at radius 3 is 2.35 bits per heavy atom. The molecular formula is C17H18BrFO. The van der Waals surface area contributed by atoms with E-state index >= 15 is 0 Å². The predicted octanol–water partition coefficient (Wildman–Crippen LogP) is 4.43. The van der Waals surface area contributed by atoms with Crippen LogP contribution in [-0.2, 0) is 12.8 Å². The summed E-state index contributed by atoms with van der Waals surface area (Å²) in [6, 6.07) is 12.6. The maximum atomic E-state index is 13.1. The number of aliphatic hydroxyl groups is 1. The molecule has 1 N–H and O–H groups in total. The molecule has 0 aliphatic rings. The molecule has 1 nitrogen and oxygen atoms in total. The maximum absolute atomic E-state index is 13.1. The summed E-state index contributed by atoms with van der Waals surface area (Å²) in [5, 5.41) is 10.6. The molecule has 0 fully saturated rings. The van der Waals surface area contributed by atoms with Crippen LogP contribution < -0.4 is 0 Å². The standard InChI is InChI=1S/C17H18BrFO/c1-12-9-16(19)8-5-14(12)11-17(2,20)10-13-3-6-15(18)7-4-13/h3-9,20H,10-11H2,1-2H3. The molecule has 0 aliphatic heterocycles. The molecule has 0 aromatic heterocycles. The second-order valence-corrected chi connectivity index (χ2v) is 6.46. The summed E-state index contributed by atoms with van der Waals surface area (Å²) >= 11 is 3.40. The van der Waals surface area contributed by atoms with Gasteiger partial charge in [0.15, 0.2) is 0 Å². The molecule has 3 heteroatoms. The van der Waals surface area contributed by atoms with E-state index in [9.17, 15) is 9.50 Å². The minimum atomic E-state index is -0.851. The molecule has 1 unspecified atom stereocenters. The van der Waals surface area contributed by atoms with Crippen LogP contribution in [0.15, 0.2) is 46.9 Å². The first-order chi connectivity index (χ1) is 9.35. The van der Waals surface area contributed by atoms with Crippen LogP contribution in [0.3, 0.4) is 0 Å². The van der Waals surface area contributed by atoms with Gasteiger partial charge in [0.25, 0.3) is 0 Å². The van der Waals surface area contributed by atoms with Gasteiger partial charge in [-0.3, -0.25) is 0 Å². The molecule has 2 rings (SSSR count). The molecular weight excluding hydrogens is 319 g/mol. The van der Waals surface area contributed by atoms with Gasteiger partial charge in [0, 0.05) is 17.3 Å². The van der Waals surface area contributed by atoms with Crippen LogP contribution >= 0.6 is 15.9 Å². The fourth-order valence-electron chi connectivity index (χ4n) is 2.37. The smallest absolute Gasteiger partial charge is 0.123 e. The predicted molar refractivity (Wildman–Crippen MR) is 83.3 cm³/mol. The molecule has 0 amide bonds. The summed E-state index contributed by atoms with van der Waals surface area (Å²) in [5.74, 6) is -0.237. The van der Waals surface area contributed by atoms with Crippen LogP contribution in [0, 0.1) is 12.7 Å². The topological polar surface area (TPSA) is 20.2 Å². The van der Waals surface area contributed by atoms with E-state index in [1.54, 1.807) is 6.07 Å². The Balaban J connectivity index is 2.12. The highest BCUT2D eigenvalue weighted by Gasteiger charge is 2.22. The third-order valence-corrected chi connectivity index (χ3v) is 3.90. The lowest BCUT2D eigenvalue weighted by Gasteiger charge is -2.24. The molecule has 2 aromatic carbocycles. The third kappa shape index (κ3) is 4.15. The number of hydrogen-bond acceptors (Lipinski definition) is 1. The van der Waals surface area contributed by atoms with Crippen molar-refractivity contribution in [1.82, 2.24) is 0 Å². The lowest BCUT2D eigenvalue weighted by atomic mass is 9.88. The average molecular weight is 337 g/mol. The van der Waals surface area contributed by atoms with Crippen molar-refractivity contribution in [3.8, 4) is 0 Å². The van der Waals surface area contributed by atoms with Gasteiger partial charge >= 0.3 is 0 Å². The van der Waals surface area contributed by atoms with Crippen molar-refractivity contribution in [2.24, 2.45) is 0 Å². The molecule has 0 saturated carbocycles. The number of rotatable bonds is 4. The van der Waals surface area contributed by atoms with Crippen LogP contribution in [0.4, 0.5) is 4.39 Å². The van der Waals surface area contributed by atoms with Crippen LogP contribution in [0.2, 0.25) is 0 Å². The monoisotopic (exact) mass is 336 g/mol. The van der Waals surface area contributed by atoms with E-state index in [-0.39, 0.29) is 5.82 Å². The molecule has 106 valence electrons. The Kier molecular flexibility index (Phi) is 4.61. The summed E-state index contributed by atoms with van der Waals surface area (Å²) in [6.07, 6.45) is 1.08. The van der Waals surface area contributed by atoms with Gasteiger partial charge in [-0.1, -0.05) is 34.1 Å². The first-order valence-electron chi connectivity index (χ1n) is 6.58. The van der Waals surface area contributed by atoms with E-state index in [0.717, 1.165) is 21.2 Å². The van der Waals surface area contributed by atoms with Crippen molar-refractivity contribution in [2.45, 2.75) is 32.3 Å². The van der Waals surface area contributed by atoms with Crippen LogP contribution in [-0.4, -0.2) is 10.7 Å². The van der Waals surface area contributed by atoms with Crippen molar-refractivity contribution < 1.29 is 9.50 Å². The van der Waals surface area contributed by atoms with Gasteiger partial charge in [-0.05, 0) is 54.8 Å². The fraction of sp³-hybridized carbons (Fsp3) is 0.294. The van der Waals surface area contributed by atoms with Crippen LogP contribution in [0.1, 0.15) is 23.6 Å². The number of hydrogen-bond donors (Lipinski definition) is 1. The van der Waals surface area contributed by atoms with E-state index in [0.29, 0.717) is 12.8 Å². The molecule has 0 saturated heterocycles. The zero-order chi connectivity index (χ0) is 14.8. The van der Waals surface area contributed by atoms with Crippen molar-refractivity contribution in [2.75, 3.05) is 0 Å². The maximum Gasteiger partial charge on any atom is 0.123 e. The quantitative estimate of drug-likeness (QED) is 0.875. The Bertz CT molecular complexity index is 590. The Hall–Kier alpha value is -1.19. The molecule has 0 bridgehead atoms. The number of benzene rings is 2. The highest BCUT2D eigenvalue weighted by Crippen LogP contribution is 2.22. The van der Waals surface area contributed by atoms with E-state index < -0.39 is 5.60 Å². The van der Waals surface area contributed by atoms with E-state index in [2.05, 4.69) is 15.9 Å². The summed E-state index contributed by atoms with van der Waals surface area (Å²) in [5.41, 5.74) is 2.09. The highest BCUT2D eigenvalue weighted by molar-refractivity contribution is 9.10. The molecule has 2 aromatic rings. The summed E-state index contributed by atoms with van der Waals surface area (Å²) in [6.45, 7) is 3.69. The zero-order valence-electron chi connectivity index (χ0n) is 11.7. The lowest BCUT2D eigenvalue weighted by molar-refractivity contribution is 0.0606. The number of aryl methyl sites for hydroxylation is 1.